The van der Waals surface area contributed by atoms with E-state index in [2.05, 4.69) is 0 Å². The summed E-state index contributed by atoms with van der Waals surface area (Å²) < 4.78 is 51.8. The Hall–Kier alpha value is -1.21. The number of alkyl halides is 2. The van der Waals surface area contributed by atoms with Crippen molar-refractivity contribution in [1.29, 1.82) is 0 Å². The zero-order chi connectivity index (χ0) is 16.3. The van der Waals surface area contributed by atoms with Gasteiger partial charge in [0.05, 0.1) is 21.1 Å². The van der Waals surface area contributed by atoms with Crippen LogP contribution in [0.25, 0.3) is 0 Å². The highest BCUT2D eigenvalue weighted by atomic mass is 32.2. The summed E-state index contributed by atoms with van der Waals surface area (Å²) in [6, 6.07) is 5.08. The quantitative estimate of drug-likeness (QED) is 0.785. The first-order valence-corrected chi connectivity index (χ1v) is 7.52. The fraction of sp³-hybridized carbons (Fsp3) is 0.500. The summed E-state index contributed by atoms with van der Waals surface area (Å²) in [6.45, 7) is 2.90. The maximum atomic E-state index is 14.0. The minimum Gasteiger partial charge on any atom is -0.303 e. The zero-order valence-corrected chi connectivity index (χ0v) is 12.6. The molecule has 21 heavy (non-hydrogen) atoms. The van der Waals surface area contributed by atoms with Gasteiger partial charge in [0.25, 0.3) is 0 Å². The van der Waals surface area contributed by atoms with E-state index < -0.39 is 39.8 Å². The maximum absolute atomic E-state index is 14.0. The molecule has 0 aliphatic heterocycles. The molecule has 0 saturated carbocycles. The number of carbonyl (C=O) groups is 1. The molecule has 2 N–H and O–H groups in total. The number of rotatable bonds is 7. The van der Waals surface area contributed by atoms with Crippen LogP contribution in [0.3, 0.4) is 0 Å². The van der Waals surface area contributed by atoms with Crippen LogP contribution in [0.4, 0.5) is 13.2 Å². The van der Waals surface area contributed by atoms with Crippen molar-refractivity contribution < 1.29 is 22.2 Å². The molecule has 0 aliphatic rings. The van der Waals surface area contributed by atoms with Gasteiger partial charge in [-0.15, -0.1) is 0 Å². The third kappa shape index (κ3) is 3.71. The Balaban J connectivity index is 3.46. The van der Waals surface area contributed by atoms with E-state index in [4.69, 9.17) is 5.14 Å². The monoisotopic (exact) mass is 321 g/mol. The standard InChI is InChI=1S/C14H18F3NO2S/c1-13(2,21(18)20)9-14(7-8-19,12(16)17)10-5-3-4-6-11(10)15/h3-6,8,12H,7,9,18H2,1-2H3/t14-,21?/m0/s1. The largest absolute Gasteiger partial charge is 0.303 e. The second-order valence-corrected chi connectivity index (χ2v) is 7.24. The van der Waals surface area contributed by atoms with Crippen LogP contribution in [-0.2, 0) is 21.2 Å². The van der Waals surface area contributed by atoms with E-state index in [1.807, 2.05) is 0 Å². The zero-order valence-electron chi connectivity index (χ0n) is 11.8. The molecule has 1 aromatic rings. The molecular weight excluding hydrogens is 303 g/mol. The first-order chi connectivity index (χ1) is 9.67. The highest BCUT2D eigenvalue weighted by Gasteiger charge is 2.48. The third-order valence-electron chi connectivity index (χ3n) is 3.56. The highest BCUT2D eigenvalue weighted by molar-refractivity contribution is 7.84. The van der Waals surface area contributed by atoms with E-state index in [1.165, 1.54) is 32.0 Å². The van der Waals surface area contributed by atoms with Gasteiger partial charge in [0.15, 0.2) is 0 Å². The molecule has 1 aromatic carbocycles. The molecule has 2 atom stereocenters. The van der Waals surface area contributed by atoms with Crippen LogP contribution in [-0.4, -0.2) is 21.7 Å². The summed E-state index contributed by atoms with van der Waals surface area (Å²) in [4.78, 5) is 10.9. The molecule has 1 rings (SSSR count). The third-order valence-corrected chi connectivity index (χ3v) is 4.79. The van der Waals surface area contributed by atoms with Crippen molar-refractivity contribution >= 4 is 17.3 Å². The highest BCUT2D eigenvalue weighted by Crippen LogP contribution is 2.43. The van der Waals surface area contributed by atoms with Gasteiger partial charge in [-0.3, -0.25) is 5.14 Å². The Morgan fingerprint density at radius 2 is 1.90 bits per heavy atom. The van der Waals surface area contributed by atoms with Gasteiger partial charge in [-0.25, -0.2) is 17.4 Å². The average molecular weight is 321 g/mol. The topological polar surface area (TPSA) is 60.2 Å². The number of hydrogen-bond acceptors (Lipinski definition) is 2. The molecular formula is C14H18F3NO2S. The summed E-state index contributed by atoms with van der Waals surface area (Å²) >= 11 is 0. The van der Waals surface area contributed by atoms with Crippen molar-refractivity contribution in [3.05, 3.63) is 35.6 Å². The summed E-state index contributed by atoms with van der Waals surface area (Å²) in [6.07, 6.45) is -3.62. The molecule has 0 aromatic heterocycles. The average Bonchev–Trinajstić information content (AvgIpc) is 2.38. The molecule has 0 fully saturated rings. The molecule has 0 radical (unpaired) electrons. The van der Waals surface area contributed by atoms with Gasteiger partial charge in [-0.1, -0.05) is 18.2 Å². The SMILES string of the molecule is CC(C)(C[C@@](CC=O)(c1ccccc1F)C(F)F)S(N)=O. The molecule has 0 bridgehead atoms. The Morgan fingerprint density at radius 3 is 2.33 bits per heavy atom. The lowest BCUT2D eigenvalue weighted by Gasteiger charge is -2.38. The van der Waals surface area contributed by atoms with Crippen molar-refractivity contribution in [2.24, 2.45) is 5.14 Å². The van der Waals surface area contributed by atoms with Crippen molar-refractivity contribution in [2.45, 2.75) is 43.3 Å². The van der Waals surface area contributed by atoms with Crippen LogP contribution < -0.4 is 5.14 Å². The fourth-order valence-corrected chi connectivity index (χ4v) is 2.81. The minimum absolute atomic E-state index is 0.259. The lowest BCUT2D eigenvalue weighted by molar-refractivity contribution is -0.111. The van der Waals surface area contributed by atoms with Crippen LogP contribution in [0.15, 0.2) is 24.3 Å². The van der Waals surface area contributed by atoms with Gasteiger partial charge < -0.3 is 4.79 Å². The lowest BCUT2D eigenvalue weighted by atomic mass is 9.72. The first kappa shape index (κ1) is 17.8. The van der Waals surface area contributed by atoms with E-state index in [0.717, 1.165) is 6.07 Å². The minimum atomic E-state index is -3.00. The van der Waals surface area contributed by atoms with Crippen molar-refractivity contribution in [1.82, 2.24) is 0 Å². The van der Waals surface area contributed by atoms with Gasteiger partial charge >= 0.3 is 0 Å². The van der Waals surface area contributed by atoms with Gasteiger partial charge in [0.1, 0.15) is 12.1 Å². The molecule has 3 nitrogen and oxygen atoms in total. The Morgan fingerprint density at radius 1 is 1.33 bits per heavy atom. The van der Waals surface area contributed by atoms with Crippen molar-refractivity contribution in [2.75, 3.05) is 0 Å². The van der Waals surface area contributed by atoms with Crippen molar-refractivity contribution in [3.8, 4) is 0 Å². The van der Waals surface area contributed by atoms with Crippen LogP contribution >= 0.6 is 0 Å². The molecule has 0 saturated heterocycles. The second-order valence-electron chi connectivity index (χ2n) is 5.54. The van der Waals surface area contributed by atoms with Crippen LogP contribution in [0.2, 0.25) is 0 Å². The predicted octanol–water partition coefficient (Wildman–Crippen LogP) is 2.71. The van der Waals surface area contributed by atoms with E-state index in [9.17, 15) is 22.2 Å². The molecule has 0 amide bonds. The van der Waals surface area contributed by atoms with Gasteiger partial charge in [0, 0.05) is 12.0 Å². The number of benzene rings is 1. The summed E-state index contributed by atoms with van der Waals surface area (Å²) in [5.74, 6) is -0.821. The molecule has 0 heterocycles. The molecule has 118 valence electrons. The Bertz CT molecular complexity index is 537. The number of halogens is 3. The summed E-state index contributed by atoms with van der Waals surface area (Å²) in [7, 11) is -1.89. The van der Waals surface area contributed by atoms with E-state index in [-0.39, 0.29) is 12.0 Å². The number of hydrogen-bond donors (Lipinski definition) is 1. The molecule has 7 heteroatoms. The maximum Gasteiger partial charge on any atom is 0.248 e. The molecule has 0 aliphatic carbocycles. The summed E-state index contributed by atoms with van der Waals surface area (Å²) in [5.41, 5.74) is -2.31. The normalized spacial score (nSPS) is 16.5. The smallest absolute Gasteiger partial charge is 0.248 e. The van der Waals surface area contributed by atoms with Gasteiger partial charge in [0.2, 0.25) is 6.43 Å². The van der Waals surface area contributed by atoms with Crippen LogP contribution in [0.1, 0.15) is 32.3 Å². The molecule has 0 spiro atoms. The Labute approximate surface area is 124 Å². The number of carbonyl (C=O) groups excluding carboxylic acids is 1. The second kappa shape index (κ2) is 6.70. The lowest BCUT2D eigenvalue weighted by Crippen LogP contribution is -2.45. The molecule has 1 unspecified atom stereocenters. The first-order valence-electron chi connectivity index (χ1n) is 6.30. The van der Waals surface area contributed by atoms with Gasteiger partial charge in [-0.05, 0) is 26.3 Å². The Kier molecular flexibility index (Phi) is 5.69. The summed E-state index contributed by atoms with van der Waals surface area (Å²) in [5, 5.41) is 5.34. The predicted molar refractivity (Wildman–Crippen MR) is 75.8 cm³/mol. The van der Waals surface area contributed by atoms with Gasteiger partial charge in [-0.2, -0.15) is 0 Å². The van der Waals surface area contributed by atoms with Crippen LogP contribution in [0, 0.1) is 5.82 Å². The van der Waals surface area contributed by atoms with Crippen molar-refractivity contribution in [3.63, 3.8) is 0 Å². The fourth-order valence-electron chi connectivity index (χ4n) is 2.41. The van der Waals surface area contributed by atoms with Crippen LogP contribution in [0.5, 0.6) is 0 Å². The number of nitrogens with two attached hydrogens (primary N) is 1. The van der Waals surface area contributed by atoms with E-state index >= 15 is 0 Å². The number of aldehydes is 1. The van der Waals surface area contributed by atoms with E-state index in [1.54, 1.807) is 0 Å². The van der Waals surface area contributed by atoms with E-state index in [0.29, 0.717) is 6.29 Å².